The van der Waals surface area contributed by atoms with Gasteiger partial charge in [-0.15, -0.1) is 0 Å². The standard InChI is InChI=1S/C15H27N/c1-2-5-13(11-16-14-9-10-14)15(8-3-1)12-6-4-7-12/h12-16H,1-11H2. The fourth-order valence-corrected chi connectivity index (χ4v) is 3.76. The van der Waals surface area contributed by atoms with Crippen LogP contribution in [0.1, 0.15) is 64.2 Å². The maximum atomic E-state index is 3.79. The summed E-state index contributed by atoms with van der Waals surface area (Å²) in [4.78, 5) is 0. The number of hydrogen-bond donors (Lipinski definition) is 1. The molecule has 2 atom stereocenters. The van der Waals surface area contributed by atoms with Crippen molar-refractivity contribution in [1.82, 2.24) is 5.32 Å². The summed E-state index contributed by atoms with van der Waals surface area (Å²) >= 11 is 0. The third-order valence-corrected chi connectivity index (χ3v) is 5.22. The summed E-state index contributed by atoms with van der Waals surface area (Å²) in [5, 5.41) is 3.79. The summed E-state index contributed by atoms with van der Waals surface area (Å²) in [6.07, 6.45) is 15.1. The van der Waals surface area contributed by atoms with Crippen LogP contribution in [0.15, 0.2) is 0 Å². The second-order valence-electron chi connectivity index (χ2n) is 6.44. The molecule has 0 aliphatic heterocycles. The Balaban J connectivity index is 1.54. The van der Waals surface area contributed by atoms with Gasteiger partial charge in [0.1, 0.15) is 0 Å². The summed E-state index contributed by atoms with van der Waals surface area (Å²) in [5.74, 6) is 3.22. The van der Waals surface area contributed by atoms with Crippen LogP contribution in [0.5, 0.6) is 0 Å². The van der Waals surface area contributed by atoms with Gasteiger partial charge >= 0.3 is 0 Å². The minimum Gasteiger partial charge on any atom is -0.314 e. The molecule has 3 fully saturated rings. The van der Waals surface area contributed by atoms with Gasteiger partial charge in [0.15, 0.2) is 0 Å². The molecule has 0 aromatic heterocycles. The first kappa shape index (κ1) is 11.1. The maximum Gasteiger partial charge on any atom is 0.00683 e. The van der Waals surface area contributed by atoms with Crippen molar-refractivity contribution in [2.24, 2.45) is 17.8 Å². The van der Waals surface area contributed by atoms with Gasteiger partial charge in [0.05, 0.1) is 0 Å². The largest absolute Gasteiger partial charge is 0.314 e. The van der Waals surface area contributed by atoms with E-state index >= 15 is 0 Å². The lowest BCUT2D eigenvalue weighted by molar-refractivity contribution is 0.133. The Bertz CT molecular complexity index is 217. The number of rotatable bonds is 4. The molecule has 2 unspecified atom stereocenters. The number of hydrogen-bond acceptors (Lipinski definition) is 1. The van der Waals surface area contributed by atoms with E-state index in [2.05, 4.69) is 5.32 Å². The van der Waals surface area contributed by atoms with Crippen molar-refractivity contribution >= 4 is 0 Å². The van der Waals surface area contributed by atoms with Gasteiger partial charge in [-0.2, -0.15) is 0 Å². The van der Waals surface area contributed by atoms with Gasteiger partial charge in [0, 0.05) is 6.04 Å². The van der Waals surface area contributed by atoms with Crippen LogP contribution >= 0.6 is 0 Å². The van der Waals surface area contributed by atoms with Crippen molar-refractivity contribution < 1.29 is 0 Å². The van der Waals surface area contributed by atoms with E-state index < -0.39 is 0 Å². The highest BCUT2D eigenvalue weighted by Crippen LogP contribution is 2.43. The zero-order chi connectivity index (χ0) is 10.8. The van der Waals surface area contributed by atoms with Crippen LogP contribution in [-0.2, 0) is 0 Å². The summed E-state index contributed by atoms with van der Waals surface area (Å²) in [7, 11) is 0. The van der Waals surface area contributed by atoms with Gasteiger partial charge < -0.3 is 5.32 Å². The van der Waals surface area contributed by atoms with Crippen LogP contribution in [0.25, 0.3) is 0 Å². The molecule has 16 heavy (non-hydrogen) atoms. The molecule has 3 rings (SSSR count). The third-order valence-electron chi connectivity index (χ3n) is 5.22. The Hall–Kier alpha value is -0.0400. The normalized spacial score (nSPS) is 36.8. The molecule has 0 aromatic rings. The van der Waals surface area contributed by atoms with Gasteiger partial charge in [-0.1, -0.05) is 38.5 Å². The molecule has 1 heteroatoms. The molecule has 3 aliphatic carbocycles. The van der Waals surface area contributed by atoms with Crippen molar-refractivity contribution in [3.63, 3.8) is 0 Å². The summed E-state index contributed by atoms with van der Waals surface area (Å²) in [6.45, 7) is 1.34. The van der Waals surface area contributed by atoms with E-state index in [4.69, 9.17) is 0 Å². The zero-order valence-electron chi connectivity index (χ0n) is 10.6. The SMILES string of the molecule is C1CCC(CNC2CC2)C(C2CCC2)CC1. The lowest BCUT2D eigenvalue weighted by atomic mass is 9.69. The second-order valence-corrected chi connectivity index (χ2v) is 6.44. The minimum atomic E-state index is 0.908. The highest BCUT2D eigenvalue weighted by molar-refractivity contribution is 4.88. The van der Waals surface area contributed by atoms with Gasteiger partial charge in [0.2, 0.25) is 0 Å². The maximum absolute atomic E-state index is 3.79. The van der Waals surface area contributed by atoms with E-state index in [1.165, 1.54) is 51.5 Å². The predicted octanol–water partition coefficient (Wildman–Crippen LogP) is 3.74. The predicted molar refractivity (Wildman–Crippen MR) is 68.4 cm³/mol. The first-order chi connectivity index (χ1) is 7.93. The molecular weight excluding hydrogens is 194 g/mol. The van der Waals surface area contributed by atoms with E-state index in [1.807, 2.05) is 0 Å². The van der Waals surface area contributed by atoms with Crippen LogP contribution < -0.4 is 5.32 Å². The topological polar surface area (TPSA) is 12.0 Å². The molecule has 0 aromatic carbocycles. The lowest BCUT2D eigenvalue weighted by Gasteiger charge is -2.38. The molecule has 3 saturated carbocycles. The van der Waals surface area contributed by atoms with Crippen LogP contribution in [0, 0.1) is 17.8 Å². The van der Waals surface area contributed by atoms with Crippen LogP contribution in [0.3, 0.4) is 0 Å². The fourth-order valence-electron chi connectivity index (χ4n) is 3.76. The van der Waals surface area contributed by atoms with Crippen LogP contribution in [0.2, 0.25) is 0 Å². The highest BCUT2D eigenvalue weighted by Gasteiger charge is 2.34. The first-order valence-electron chi connectivity index (χ1n) is 7.67. The Morgan fingerprint density at radius 1 is 0.750 bits per heavy atom. The molecule has 92 valence electrons. The molecule has 1 nitrogen and oxygen atoms in total. The summed E-state index contributed by atoms with van der Waals surface area (Å²) < 4.78 is 0. The average Bonchev–Trinajstić information content (AvgIpc) is 2.99. The van der Waals surface area contributed by atoms with Gasteiger partial charge in [0.25, 0.3) is 0 Å². The number of nitrogens with one attached hydrogen (secondary N) is 1. The van der Waals surface area contributed by atoms with E-state index in [9.17, 15) is 0 Å². The fraction of sp³-hybridized carbons (Fsp3) is 1.00. The average molecular weight is 221 g/mol. The molecular formula is C15H27N. The van der Waals surface area contributed by atoms with Crippen molar-refractivity contribution in [3.8, 4) is 0 Å². The molecule has 0 radical (unpaired) electrons. The van der Waals surface area contributed by atoms with Crippen LogP contribution in [-0.4, -0.2) is 12.6 Å². The molecule has 0 spiro atoms. The van der Waals surface area contributed by atoms with Crippen molar-refractivity contribution in [1.29, 1.82) is 0 Å². The zero-order valence-corrected chi connectivity index (χ0v) is 10.6. The van der Waals surface area contributed by atoms with Gasteiger partial charge in [-0.3, -0.25) is 0 Å². The summed E-state index contributed by atoms with van der Waals surface area (Å²) in [6, 6.07) is 0.908. The first-order valence-corrected chi connectivity index (χ1v) is 7.67. The van der Waals surface area contributed by atoms with Crippen molar-refractivity contribution in [2.45, 2.75) is 70.3 Å². The molecule has 0 saturated heterocycles. The monoisotopic (exact) mass is 221 g/mol. The highest BCUT2D eigenvalue weighted by atomic mass is 14.9. The molecule has 0 amide bonds. The Kier molecular flexibility index (Phi) is 3.51. The summed E-state index contributed by atoms with van der Waals surface area (Å²) in [5.41, 5.74) is 0. The van der Waals surface area contributed by atoms with E-state index in [0.717, 1.165) is 23.8 Å². The Morgan fingerprint density at radius 2 is 1.56 bits per heavy atom. The lowest BCUT2D eigenvalue weighted by Crippen LogP contribution is -2.35. The molecule has 0 heterocycles. The molecule has 1 N–H and O–H groups in total. The van der Waals surface area contributed by atoms with Crippen molar-refractivity contribution in [2.75, 3.05) is 6.54 Å². The molecule has 0 bridgehead atoms. The minimum absolute atomic E-state index is 0.908. The van der Waals surface area contributed by atoms with Crippen LogP contribution in [0.4, 0.5) is 0 Å². The Morgan fingerprint density at radius 3 is 2.25 bits per heavy atom. The van der Waals surface area contributed by atoms with E-state index in [1.54, 1.807) is 19.3 Å². The van der Waals surface area contributed by atoms with Gasteiger partial charge in [-0.05, 0) is 50.0 Å². The van der Waals surface area contributed by atoms with E-state index in [-0.39, 0.29) is 0 Å². The quantitative estimate of drug-likeness (QED) is 0.713. The second kappa shape index (κ2) is 5.08. The van der Waals surface area contributed by atoms with E-state index in [0.29, 0.717) is 0 Å². The molecule has 3 aliphatic rings. The third kappa shape index (κ3) is 2.61. The smallest absolute Gasteiger partial charge is 0.00683 e. The van der Waals surface area contributed by atoms with Gasteiger partial charge in [-0.25, -0.2) is 0 Å². The van der Waals surface area contributed by atoms with Crippen molar-refractivity contribution in [3.05, 3.63) is 0 Å². The Labute approximate surface area is 100 Å².